The number of aryl methyl sites for hydroxylation is 1. The van der Waals surface area contributed by atoms with Crippen LogP contribution in [0.3, 0.4) is 0 Å². The molecule has 0 radical (unpaired) electrons. The molecule has 1 amide bonds. The summed E-state index contributed by atoms with van der Waals surface area (Å²) in [7, 11) is 0. The number of nitrogens with one attached hydrogen (secondary N) is 2. The van der Waals surface area contributed by atoms with Gasteiger partial charge in [-0.15, -0.1) is 11.3 Å². The number of hydrogen-bond donors (Lipinski definition) is 2. The second-order valence-electron chi connectivity index (χ2n) is 6.62. The first-order chi connectivity index (χ1) is 13.8. The third kappa shape index (κ3) is 5.33. The molecule has 0 spiro atoms. The molecule has 156 valence electrons. The van der Waals surface area contributed by atoms with Crippen LogP contribution < -0.4 is 10.6 Å². The third-order valence-corrected chi connectivity index (χ3v) is 5.15. The molecule has 1 saturated heterocycles. The Hall–Kier alpha value is -2.46. The van der Waals surface area contributed by atoms with E-state index in [1.54, 1.807) is 6.92 Å². The molecule has 0 unspecified atom stereocenters. The largest absolute Gasteiger partial charge is 0.420 e. The SMILES string of the molecule is C1CCNCC1.Cc1cn2cc(NC(=O)c3sccc3F)cc(C(F)(F)F)c2n1. The zero-order valence-electron chi connectivity index (χ0n) is 15.6. The van der Waals surface area contributed by atoms with E-state index < -0.39 is 23.5 Å². The fourth-order valence-corrected chi connectivity index (χ4v) is 3.61. The lowest BCUT2D eigenvalue weighted by Crippen LogP contribution is -2.21. The van der Waals surface area contributed by atoms with Gasteiger partial charge in [-0.1, -0.05) is 6.42 Å². The molecule has 1 fully saturated rings. The van der Waals surface area contributed by atoms with Crippen LogP contribution in [0.1, 0.15) is 40.2 Å². The molecular formula is C19H20F4N4OS. The monoisotopic (exact) mass is 428 g/mol. The number of rotatable bonds is 2. The van der Waals surface area contributed by atoms with Gasteiger partial charge in [-0.25, -0.2) is 9.37 Å². The summed E-state index contributed by atoms with van der Waals surface area (Å²) in [5.74, 6) is -1.52. The van der Waals surface area contributed by atoms with Gasteiger partial charge in [0.05, 0.1) is 11.4 Å². The summed E-state index contributed by atoms with van der Waals surface area (Å²) in [4.78, 5) is 15.6. The van der Waals surface area contributed by atoms with E-state index in [1.807, 2.05) is 0 Å². The van der Waals surface area contributed by atoms with Gasteiger partial charge in [0.25, 0.3) is 5.91 Å². The number of fused-ring (bicyclic) bond motifs is 1. The van der Waals surface area contributed by atoms with E-state index in [1.165, 1.54) is 54.5 Å². The van der Waals surface area contributed by atoms with Crippen molar-refractivity contribution in [1.82, 2.24) is 14.7 Å². The van der Waals surface area contributed by atoms with Gasteiger partial charge in [0, 0.05) is 12.4 Å². The van der Waals surface area contributed by atoms with Crippen molar-refractivity contribution < 1.29 is 22.4 Å². The van der Waals surface area contributed by atoms with Crippen LogP contribution in [0.2, 0.25) is 0 Å². The fourth-order valence-electron chi connectivity index (χ4n) is 2.94. The molecule has 2 N–H and O–H groups in total. The second kappa shape index (κ2) is 8.91. The molecular weight excluding hydrogens is 408 g/mol. The maximum Gasteiger partial charge on any atom is 0.420 e. The average Bonchev–Trinajstić information content (AvgIpc) is 3.26. The Bertz CT molecular complexity index is 980. The summed E-state index contributed by atoms with van der Waals surface area (Å²) in [5.41, 5.74) is -0.923. The minimum atomic E-state index is -4.63. The molecule has 0 saturated carbocycles. The van der Waals surface area contributed by atoms with Gasteiger partial charge < -0.3 is 15.0 Å². The number of hydrogen-bond acceptors (Lipinski definition) is 4. The molecule has 3 aromatic heterocycles. The summed E-state index contributed by atoms with van der Waals surface area (Å²) in [6.45, 7) is 4.06. The molecule has 0 aromatic carbocycles. The number of carbonyl (C=O) groups is 1. The lowest BCUT2D eigenvalue weighted by Gasteiger charge is -2.11. The summed E-state index contributed by atoms with van der Waals surface area (Å²) in [6, 6.07) is 1.90. The molecule has 3 aromatic rings. The van der Waals surface area contributed by atoms with Crippen LogP contribution in [-0.2, 0) is 6.18 Å². The van der Waals surface area contributed by atoms with Crippen LogP contribution in [-0.4, -0.2) is 28.4 Å². The van der Waals surface area contributed by atoms with Gasteiger partial charge in [0.2, 0.25) is 0 Å². The van der Waals surface area contributed by atoms with Crippen molar-refractivity contribution in [1.29, 1.82) is 0 Å². The number of imidazole rings is 1. The highest BCUT2D eigenvalue weighted by atomic mass is 32.1. The smallest absolute Gasteiger partial charge is 0.320 e. The normalized spacial score (nSPS) is 14.4. The number of thiophene rings is 1. The lowest BCUT2D eigenvalue weighted by molar-refractivity contribution is -0.136. The lowest BCUT2D eigenvalue weighted by atomic mass is 10.2. The standard InChI is InChI=1S/C14H9F4N3OS.C5H11N/c1-7-5-21-6-8(4-9(12(21)19-7)14(16,17)18)20-13(22)11-10(15)2-3-23-11;1-2-4-6-5-3-1/h2-6H,1H3,(H,20,22);6H,1-5H2. The summed E-state index contributed by atoms with van der Waals surface area (Å²) in [6.07, 6.45) is 2.29. The molecule has 4 rings (SSSR count). The molecule has 1 aliphatic heterocycles. The first-order valence-corrected chi connectivity index (χ1v) is 9.95. The molecule has 0 atom stereocenters. The van der Waals surface area contributed by atoms with Crippen molar-refractivity contribution in [3.05, 3.63) is 51.9 Å². The number of amides is 1. The minimum absolute atomic E-state index is 0.0972. The third-order valence-electron chi connectivity index (χ3n) is 4.27. The van der Waals surface area contributed by atoms with Crippen LogP contribution in [0.4, 0.5) is 23.2 Å². The van der Waals surface area contributed by atoms with E-state index in [-0.39, 0.29) is 16.2 Å². The van der Waals surface area contributed by atoms with Gasteiger partial charge in [-0.3, -0.25) is 4.79 Å². The molecule has 0 bridgehead atoms. The van der Waals surface area contributed by atoms with Gasteiger partial charge in [-0.2, -0.15) is 13.2 Å². The highest BCUT2D eigenvalue weighted by molar-refractivity contribution is 7.12. The van der Waals surface area contributed by atoms with Crippen LogP contribution in [0.25, 0.3) is 5.65 Å². The number of pyridine rings is 1. The van der Waals surface area contributed by atoms with Crippen molar-refractivity contribution in [2.24, 2.45) is 0 Å². The van der Waals surface area contributed by atoms with E-state index in [2.05, 4.69) is 15.6 Å². The topological polar surface area (TPSA) is 58.4 Å². The number of alkyl halides is 3. The van der Waals surface area contributed by atoms with Crippen molar-refractivity contribution in [3.8, 4) is 0 Å². The van der Waals surface area contributed by atoms with Crippen molar-refractivity contribution in [2.45, 2.75) is 32.4 Å². The van der Waals surface area contributed by atoms with E-state index in [9.17, 15) is 22.4 Å². The van der Waals surface area contributed by atoms with Crippen LogP contribution in [0, 0.1) is 12.7 Å². The predicted molar refractivity (Wildman–Crippen MR) is 104 cm³/mol. The van der Waals surface area contributed by atoms with Crippen LogP contribution >= 0.6 is 11.3 Å². The zero-order chi connectivity index (χ0) is 21.0. The maximum atomic E-state index is 13.4. The Kier molecular flexibility index (Phi) is 6.53. The highest BCUT2D eigenvalue weighted by Gasteiger charge is 2.34. The van der Waals surface area contributed by atoms with Gasteiger partial charge in [-0.05, 0) is 50.4 Å². The molecule has 1 aliphatic rings. The fraction of sp³-hybridized carbons (Fsp3) is 0.368. The van der Waals surface area contributed by atoms with Gasteiger partial charge >= 0.3 is 6.18 Å². The van der Waals surface area contributed by atoms with E-state index in [4.69, 9.17) is 0 Å². The summed E-state index contributed by atoms with van der Waals surface area (Å²) >= 11 is 0.866. The number of anilines is 1. The number of piperidine rings is 1. The van der Waals surface area contributed by atoms with Crippen molar-refractivity contribution in [2.75, 3.05) is 18.4 Å². The minimum Gasteiger partial charge on any atom is -0.320 e. The average molecular weight is 428 g/mol. The molecule has 5 nitrogen and oxygen atoms in total. The van der Waals surface area contributed by atoms with E-state index in [0.29, 0.717) is 5.69 Å². The zero-order valence-corrected chi connectivity index (χ0v) is 16.5. The Morgan fingerprint density at radius 2 is 1.97 bits per heavy atom. The van der Waals surface area contributed by atoms with E-state index >= 15 is 0 Å². The second-order valence-corrected chi connectivity index (χ2v) is 7.53. The number of aromatic nitrogens is 2. The Morgan fingerprint density at radius 3 is 2.48 bits per heavy atom. The summed E-state index contributed by atoms with van der Waals surface area (Å²) < 4.78 is 54.0. The highest BCUT2D eigenvalue weighted by Crippen LogP contribution is 2.34. The van der Waals surface area contributed by atoms with Crippen LogP contribution in [0.5, 0.6) is 0 Å². The molecule has 0 aliphatic carbocycles. The molecule has 29 heavy (non-hydrogen) atoms. The molecule has 10 heteroatoms. The van der Waals surface area contributed by atoms with E-state index in [0.717, 1.165) is 23.5 Å². The van der Waals surface area contributed by atoms with Crippen molar-refractivity contribution in [3.63, 3.8) is 0 Å². The molecule has 4 heterocycles. The number of carbonyl (C=O) groups excluding carboxylic acids is 1. The number of nitrogens with zero attached hydrogens (tertiary/aromatic N) is 2. The maximum absolute atomic E-state index is 13.4. The summed E-state index contributed by atoms with van der Waals surface area (Å²) in [5, 5.41) is 6.95. The van der Waals surface area contributed by atoms with Gasteiger partial charge in [0.1, 0.15) is 21.9 Å². The number of halogens is 4. The quantitative estimate of drug-likeness (QED) is 0.573. The first-order valence-electron chi connectivity index (χ1n) is 9.07. The van der Waals surface area contributed by atoms with Gasteiger partial charge in [0.15, 0.2) is 0 Å². The van der Waals surface area contributed by atoms with Crippen molar-refractivity contribution >= 4 is 28.6 Å². The Labute approximate surface area is 168 Å². The van der Waals surface area contributed by atoms with Crippen LogP contribution in [0.15, 0.2) is 29.9 Å². The first kappa shape index (κ1) is 21.3. The predicted octanol–water partition coefficient (Wildman–Crippen LogP) is 4.87. The Morgan fingerprint density at radius 1 is 1.24 bits per heavy atom. The Balaban J connectivity index is 0.000000343.